The molecular weight excluding hydrogens is 200 g/mol. The highest BCUT2D eigenvalue weighted by atomic mass is 15.1. The van der Waals surface area contributed by atoms with Crippen molar-refractivity contribution in [3.05, 3.63) is 47.8 Å². The summed E-state index contributed by atoms with van der Waals surface area (Å²) in [6.45, 7) is 2.69. The molecule has 3 N–H and O–H groups in total. The van der Waals surface area contributed by atoms with Gasteiger partial charge >= 0.3 is 0 Å². The summed E-state index contributed by atoms with van der Waals surface area (Å²) >= 11 is 0. The van der Waals surface area contributed by atoms with Gasteiger partial charge in [0.2, 0.25) is 0 Å². The summed E-state index contributed by atoms with van der Waals surface area (Å²) < 4.78 is 0. The van der Waals surface area contributed by atoms with Crippen molar-refractivity contribution in [2.45, 2.75) is 13.5 Å². The molecule has 1 heterocycles. The molecular formula is C12H14N4. The van der Waals surface area contributed by atoms with E-state index in [9.17, 15) is 0 Å². The number of hydrogen-bond acceptors (Lipinski definition) is 4. The minimum absolute atomic E-state index is 0.651. The number of hydrogen-bond donors (Lipinski definition) is 2. The molecule has 0 saturated heterocycles. The molecule has 0 saturated carbocycles. The zero-order chi connectivity index (χ0) is 11.4. The molecule has 82 valence electrons. The Balaban J connectivity index is 2.08. The molecule has 0 bridgehead atoms. The first-order chi connectivity index (χ1) is 7.75. The largest absolute Gasteiger partial charge is 0.399 e. The number of aromatic nitrogens is 2. The summed E-state index contributed by atoms with van der Waals surface area (Å²) in [5.41, 5.74) is 9.59. The van der Waals surface area contributed by atoms with Gasteiger partial charge in [-0.3, -0.25) is 0 Å². The molecule has 16 heavy (non-hydrogen) atoms. The molecule has 0 fully saturated rings. The summed E-state index contributed by atoms with van der Waals surface area (Å²) in [5.74, 6) is 0. The summed E-state index contributed by atoms with van der Waals surface area (Å²) in [4.78, 5) is 0. The number of anilines is 2. The number of benzene rings is 1. The van der Waals surface area contributed by atoms with E-state index in [2.05, 4.69) is 15.5 Å². The predicted octanol–water partition coefficient (Wildman–Crippen LogP) is 1.98. The zero-order valence-electron chi connectivity index (χ0n) is 9.14. The first kappa shape index (κ1) is 10.4. The van der Waals surface area contributed by atoms with Gasteiger partial charge in [-0.05, 0) is 36.8 Å². The lowest BCUT2D eigenvalue weighted by molar-refractivity contribution is 0.924. The van der Waals surface area contributed by atoms with Crippen LogP contribution in [0.1, 0.15) is 11.3 Å². The molecule has 2 aromatic rings. The molecule has 4 nitrogen and oxygen atoms in total. The van der Waals surface area contributed by atoms with Crippen LogP contribution in [0.5, 0.6) is 0 Å². The van der Waals surface area contributed by atoms with Gasteiger partial charge in [-0.1, -0.05) is 6.07 Å². The highest BCUT2D eigenvalue weighted by Gasteiger charge is 1.99. The second-order valence-electron chi connectivity index (χ2n) is 3.64. The van der Waals surface area contributed by atoms with Crippen LogP contribution in [-0.2, 0) is 6.54 Å². The molecule has 0 unspecified atom stereocenters. The van der Waals surface area contributed by atoms with Gasteiger partial charge in [0, 0.05) is 17.6 Å². The second kappa shape index (κ2) is 4.61. The van der Waals surface area contributed by atoms with Crippen molar-refractivity contribution >= 4 is 11.4 Å². The molecule has 4 heteroatoms. The SMILES string of the molecule is Cc1ccc(N)cc1NCc1cccnn1. The van der Waals surface area contributed by atoms with Crippen molar-refractivity contribution in [1.29, 1.82) is 0 Å². The third-order valence-electron chi connectivity index (χ3n) is 2.35. The molecule has 0 aliphatic rings. The molecule has 0 aliphatic carbocycles. The van der Waals surface area contributed by atoms with Crippen LogP contribution in [0.3, 0.4) is 0 Å². The molecule has 1 aromatic heterocycles. The molecule has 0 spiro atoms. The Kier molecular flexibility index (Phi) is 3.00. The Morgan fingerprint density at radius 3 is 2.94 bits per heavy atom. The van der Waals surface area contributed by atoms with E-state index >= 15 is 0 Å². The number of nitrogens with zero attached hydrogens (tertiary/aromatic N) is 2. The van der Waals surface area contributed by atoms with Crippen molar-refractivity contribution in [2.24, 2.45) is 0 Å². The predicted molar refractivity (Wildman–Crippen MR) is 65.0 cm³/mol. The van der Waals surface area contributed by atoms with Gasteiger partial charge in [-0.25, -0.2) is 0 Å². The van der Waals surface area contributed by atoms with Crippen LogP contribution in [-0.4, -0.2) is 10.2 Å². The smallest absolute Gasteiger partial charge is 0.0821 e. The Bertz CT molecular complexity index is 468. The molecule has 1 aromatic carbocycles. The van der Waals surface area contributed by atoms with Crippen molar-refractivity contribution in [3.8, 4) is 0 Å². The van der Waals surface area contributed by atoms with Crippen LogP contribution < -0.4 is 11.1 Å². The number of aryl methyl sites for hydroxylation is 1. The Hall–Kier alpha value is -2.10. The minimum atomic E-state index is 0.651. The third kappa shape index (κ3) is 2.48. The maximum absolute atomic E-state index is 5.73. The van der Waals surface area contributed by atoms with Crippen molar-refractivity contribution in [3.63, 3.8) is 0 Å². The van der Waals surface area contributed by atoms with E-state index in [1.54, 1.807) is 6.20 Å². The Morgan fingerprint density at radius 2 is 2.19 bits per heavy atom. The van der Waals surface area contributed by atoms with Crippen LogP contribution in [0.15, 0.2) is 36.5 Å². The van der Waals surface area contributed by atoms with Crippen molar-refractivity contribution in [1.82, 2.24) is 10.2 Å². The lowest BCUT2D eigenvalue weighted by Crippen LogP contribution is -2.04. The maximum Gasteiger partial charge on any atom is 0.0821 e. The fourth-order valence-corrected chi connectivity index (χ4v) is 1.44. The highest BCUT2D eigenvalue weighted by Crippen LogP contribution is 2.18. The minimum Gasteiger partial charge on any atom is -0.399 e. The normalized spacial score (nSPS) is 10.1. The summed E-state index contributed by atoms with van der Waals surface area (Å²) in [5, 5.41) is 11.1. The average molecular weight is 214 g/mol. The summed E-state index contributed by atoms with van der Waals surface area (Å²) in [7, 11) is 0. The number of nitrogens with one attached hydrogen (secondary N) is 1. The maximum atomic E-state index is 5.73. The first-order valence-corrected chi connectivity index (χ1v) is 5.12. The second-order valence-corrected chi connectivity index (χ2v) is 3.64. The van der Waals surface area contributed by atoms with Crippen molar-refractivity contribution in [2.75, 3.05) is 11.1 Å². The fraction of sp³-hybridized carbons (Fsp3) is 0.167. The molecule has 0 aliphatic heterocycles. The summed E-state index contributed by atoms with van der Waals surface area (Å²) in [6.07, 6.45) is 1.66. The van der Waals surface area contributed by atoms with Gasteiger partial charge in [0.25, 0.3) is 0 Å². The number of nitrogen functional groups attached to an aromatic ring is 1. The number of rotatable bonds is 3. The Morgan fingerprint density at radius 1 is 1.31 bits per heavy atom. The van der Waals surface area contributed by atoms with E-state index < -0.39 is 0 Å². The molecule has 2 rings (SSSR count). The van der Waals surface area contributed by atoms with E-state index in [0.717, 1.165) is 22.6 Å². The van der Waals surface area contributed by atoms with Gasteiger partial charge in [0.05, 0.1) is 12.2 Å². The molecule has 0 amide bonds. The quantitative estimate of drug-likeness (QED) is 0.767. The zero-order valence-corrected chi connectivity index (χ0v) is 9.14. The lowest BCUT2D eigenvalue weighted by Gasteiger charge is -2.09. The van der Waals surface area contributed by atoms with Crippen LogP contribution in [0.25, 0.3) is 0 Å². The van der Waals surface area contributed by atoms with Crippen LogP contribution in [0, 0.1) is 6.92 Å². The lowest BCUT2D eigenvalue weighted by atomic mass is 10.2. The van der Waals surface area contributed by atoms with Crippen molar-refractivity contribution < 1.29 is 0 Å². The van der Waals surface area contributed by atoms with Crippen LogP contribution >= 0.6 is 0 Å². The standard InChI is InChI=1S/C12H14N4/c1-9-4-5-10(13)7-12(9)14-8-11-3-2-6-15-16-11/h2-7,14H,8,13H2,1H3. The van der Waals surface area contributed by atoms with Gasteiger partial charge in [-0.2, -0.15) is 10.2 Å². The molecule has 0 radical (unpaired) electrons. The fourth-order valence-electron chi connectivity index (χ4n) is 1.44. The molecule has 0 atom stereocenters. The number of nitrogens with two attached hydrogens (primary N) is 1. The van der Waals surface area contributed by atoms with Gasteiger partial charge < -0.3 is 11.1 Å². The van der Waals surface area contributed by atoms with Crippen LogP contribution in [0.2, 0.25) is 0 Å². The average Bonchev–Trinajstić information content (AvgIpc) is 2.32. The topological polar surface area (TPSA) is 63.8 Å². The monoisotopic (exact) mass is 214 g/mol. The first-order valence-electron chi connectivity index (χ1n) is 5.12. The van der Waals surface area contributed by atoms with E-state index in [0.29, 0.717) is 6.54 Å². The van der Waals surface area contributed by atoms with E-state index in [1.807, 2.05) is 37.3 Å². The van der Waals surface area contributed by atoms with Gasteiger partial charge in [0.15, 0.2) is 0 Å². The Labute approximate surface area is 94.5 Å². The third-order valence-corrected chi connectivity index (χ3v) is 2.35. The van der Waals surface area contributed by atoms with Gasteiger partial charge in [0.1, 0.15) is 0 Å². The van der Waals surface area contributed by atoms with Crippen LogP contribution in [0.4, 0.5) is 11.4 Å². The van der Waals surface area contributed by atoms with E-state index in [-0.39, 0.29) is 0 Å². The van der Waals surface area contributed by atoms with E-state index in [4.69, 9.17) is 5.73 Å². The summed E-state index contributed by atoms with van der Waals surface area (Å²) in [6, 6.07) is 9.61. The van der Waals surface area contributed by atoms with E-state index in [1.165, 1.54) is 0 Å². The van der Waals surface area contributed by atoms with Gasteiger partial charge in [-0.15, -0.1) is 0 Å². The highest BCUT2D eigenvalue weighted by molar-refractivity contribution is 5.59.